The molecule has 0 amide bonds. The lowest BCUT2D eigenvalue weighted by atomic mass is 10.3. The van der Waals surface area contributed by atoms with Crippen LogP contribution in [-0.4, -0.2) is 19.9 Å². The van der Waals surface area contributed by atoms with E-state index in [0.29, 0.717) is 18.3 Å². The molecule has 3 aromatic rings. The Morgan fingerprint density at radius 2 is 1.86 bits per heavy atom. The van der Waals surface area contributed by atoms with E-state index >= 15 is 0 Å². The average molecular weight is 278 g/mol. The van der Waals surface area contributed by atoms with E-state index in [1.54, 1.807) is 18.6 Å². The topological polar surface area (TPSA) is 75.6 Å². The largest absolute Gasteiger partial charge is 0.366 e. The van der Waals surface area contributed by atoms with Gasteiger partial charge in [0.1, 0.15) is 11.6 Å². The van der Waals surface area contributed by atoms with Crippen LogP contribution in [0.15, 0.2) is 61.2 Å². The molecule has 0 spiro atoms. The van der Waals surface area contributed by atoms with Crippen molar-refractivity contribution in [2.45, 2.75) is 6.54 Å². The zero-order valence-corrected chi connectivity index (χ0v) is 11.3. The normalized spacial score (nSPS) is 10.1. The highest BCUT2D eigenvalue weighted by Gasteiger charge is 2.00. The van der Waals surface area contributed by atoms with E-state index in [9.17, 15) is 0 Å². The van der Waals surface area contributed by atoms with Crippen LogP contribution < -0.4 is 10.6 Å². The molecule has 0 aliphatic rings. The second-order valence-electron chi connectivity index (χ2n) is 4.32. The van der Waals surface area contributed by atoms with E-state index in [4.69, 9.17) is 0 Å². The molecule has 104 valence electrons. The van der Waals surface area contributed by atoms with Crippen LogP contribution in [0.3, 0.4) is 0 Å². The van der Waals surface area contributed by atoms with Gasteiger partial charge in [0.25, 0.3) is 0 Å². The third-order valence-electron chi connectivity index (χ3n) is 2.76. The van der Waals surface area contributed by atoms with Crippen molar-refractivity contribution in [2.24, 2.45) is 0 Å². The lowest BCUT2D eigenvalue weighted by Crippen LogP contribution is -2.04. The van der Waals surface area contributed by atoms with E-state index in [-0.39, 0.29) is 0 Å². The van der Waals surface area contributed by atoms with Gasteiger partial charge in [-0.2, -0.15) is 4.98 Å². The molecule has 0 aliphatic heterocycles. The fourth-order valence-corrected chi connectivity index (χ4v) is 1.76. The van der Waals surface area contributed by atoms with Crippen LogP contribution in [0.1, 0.15) is 5.56 Å². The van der Waals surface area contributed by atoms with Crippen LogP contribution >= 0.6 is 0 Å². The molecule has 0 saturated carbocycles. The van der Waals surface area contributed by atoms with Crippen molar-refractivity contribution in [1.29, 1.82) is 0 Å². The minimum atomic E-state index is 0.505. The van der Waals surface area contributed by atoms with E-state index in [1.165, 1.54) is 0 Å². The number of anilines is 3. The predicted molar refractivity (Wildman–Crippen MR) is 81.1 cm³/mol. The number of hydrogen-bond acceptors (Lipinski definition) is 6. The highest BCUT2D eigenvalue weighted by molar-refractivity contribution is 5.49. The van der Waals surface area contributed by atoms with Gasteiger partial charge >= 0.3 is 0 Å². The van der Waals surface area contributed by atoms with Crippen molar-refractivity contribution in [3.63, 3.8) is 0 Å². The SMILES string of the molecule is c1ccc(Nc2nccc(NCc3cccnc3)n2)nc1. The summed E-state index contributed by atoms with van der Waals surface area (Å²) in [6.07, 6.45) is 6.99. The van der Waals surface area contributed by atoms with Crippen LogP contribution in [-0.2, 0) is 6.54 Å². The maximum atomic E-state index is 4.39. The van der Waals surface area contributed by atoms with E-state index in [1.807, 2.05) is 42.6 Å². The van der Waals surface area contributed by atoms with Crippen molar-refractivity contribution in [3.05, 3.63) is 66.7 Å². The molecule has 2 N–H and O–H groups in total. The first-order valence-electron chi connectivity index (χ1n) is 6.54. The van der Waals surface area contributed by atoms with E-state index in [0.717, 1.165) is 11.4 Å². The van der Waals surface area contributed by atoms with Gasteiger partial charge in [-0.1, -0.05) is 12.1 Å². The van der Waals surface area contributed by atoms with Crippen molar-refractivity contribution in [2.75, 3.05) is 10.6 Å². The Balaban J connectivity index is 1.66. The van der Waals surface area contributed by atoms with Gasteiger partial charge in [-0.25, -0.2) is 9.97 Å². The lowest BCUT2D eigenvalue weighted by Gasteiger charge is -2.07. The maximum Gasteiger partial charge on any atom is 0.230 e. The summed E-state index contributed by atoms with van der Waals surface area (Å²) >= 11 is 0. The van der Waals surface area contributed by atoms with Crippen LogP contribution in [0, 0.1) is 0 Å². The van der Waals surface area contributed by atoms with Crippen LogP contribution in [0.2, 0.25) is 0 Å². The van der Waals surface area contributed by atoms with Gasteiger partial charge in [-0.05, 0) is 29.8 Å². The number of aromatic nitrogens is 4. The van der Waals surface area contributed by atoms with Gasteiger partial charge in [0.2, 0.25) is 5.95 Å². The van der Waals surface area contributed by atoms with Gasteiger partial charge < -0.3 is 10.6 Å². The summed E-state index contributed by atoms with van der Waals surface area (Å²) < 4.78 is 0. The molecule has 3 heterocycles. The fraction of sp³-hybridized carbons (Fsp3) is 0.0667. The molecule has 0 saturated heterocycles. The van der Waals surface area contributed by atoms with Gasteiger partial charge in [0, 0.05) is 31.3 Å². The second-order valence-corrected chi connectivity index (χ2v) is 4.32. The van der Waals surface area contributed by atoms with Crippen molar-refractivity contribution >= 4 is 17.6 Å². The van der Waals surface area contributed by atoms with Gasteiger partial charge in [-0.3, -0.25) is 4.98 Å². The monoisotopic (exact) mass is 278 g/mol. The molecule has 0 aromatic carbocycles. The first-order valence-corrected chi connectivity index (χ1v) is 6.54. The summed E-state index contributed by atoms with van der Waals surface area (Å²) in [5, 5.41) is 6.29. The lowest BCUT2D eigenvalue weighted by molar-refractivity contribution is 1.06. The predicted octanol–water partition coefficient (Wildman–Crippen LogP) is 2.62. The fourth-order valence-electron chi connectivity index (χ4n) is 1.76. The summed E-state index contributed by atoms with van der Waals surface area (Å²) in [4.78, 5) is 16.8. The van der Waals surface area contributed by atoms with Crippen LogP contribution in [0.4, 0.5) is 17.6 Å². The van der Waals surface area contributed by atoms with Gasteiger partial charge in [0.15, 0.2) is 0 Å². The summed E-state index contributed by atoms with van der Waals surface area (Å²) in [5.41, 5.74) is 1.09. The molecule has 6 nitrogen and oxygen atoms in total. The molecule has 0 radical (unpaired) electrons. The zero-order valence-electron chi connectivity index (χ0n) is 11.3. The number of rotatable bonds is 5. The van der Waals surface area contributed by atoms with Crippen LogP contribution in [0.25, 0.3) is 0 Å². The van der Waals surface area contributed by atoms with Gasteiger partial charge in [-0.15, -0.1) is 0 Å². The van der Waals surface area contributed by atoms with Crippen molar-refractivity contribution in [3.8, 4) is 0 Å². The smallest absolute Gasteiger partial charge is 0.230 e. The maximum absolute atomic E-state index is 4.39. The summed E-state index contributed by atoms with van der Waals surface area (Å²) in [6.45, 7) is 0.661. The molecule has 0 aliphatic carbocycles. The molecule has 3 rings (SSSR count). The zero-order chi connectivity index (χ0) is 14.3. The van der Waals surface area contributed by atoms with Gasteiger partial charge in [0.05, 0.1) is 0 Å². The molecular weight excluding hydrogens is 264 g/mol. The quantitative estimate of drug-likeness (QED) is 0.747. The minimum absolute atomic E-state index is 0.505. The average Bonchev–Trinajstić information content (AvgIpc) is 2.55. The Morgan fingerprint density at radius 1 is 0.857 bits per heavy atom. The summed E-state index contributed by atoms with van der Waals surface area (Å²) in [7, 11) is 0. The highest BCUT2D eigenvalue weighted by Crippen LogP contribution is 2.11. The summed E-state index contributed by atoms with van der Waals surface area (Å²) in [6, 6.07) is 11.4. The third kappa shape index (κ3) is 3.73. The molecular formula is C15H14N6. The number of nitrogens with zero attached hydrogens (tertiary/aromatic N) is 4. The number of nitrogens with one attached hydrogen (secondary N) is 2. The first kappa shape index (κ1) is 13.0. The molecule has 3 aromatic heterocycles. The molecule has 6 heteroatoms. The minimum Gasteiger partial charge on any atom is -0.366 e. The molecule has 0 bridgehead atoms. The number of hydrogen-bond donors (Lipinski definition) is 2. The Bertz CT molecular complexity index is 687. The Morgan fingerprint density at radius 3 is 2.67 bits per heavy atom. The second kappa shape index (κ2) is 6.42. The van der Waals surface area contributed by atoms with Crippen LogP contribution in [0.5, 0.6) is 0 Å². The molecule has 0 unspecified atom stereocenters. The summed E-state index contributed by atoms with van der Waals surface area (Å²) in [5.74, 6) is 1.96. The number of pyridine rings is 2. The molecule has 21 heavy (non-hydrogen) atoms. The Hall–Kier alpha value is -3.02. The highest BCUT2D eigenvalue weighted by atomic mass is 15.2. The van der Waals surface area contributed by atoms with E-state index in [2.05, 4.69) is 30.6 Å². The molecule has 0 atom stereocenters. The Labute approximate surface area is 122 Å². The van der Waals surface area contributed by atoms with E-state index < -0.39 is 0 Å². The third-order valence-corrected chi connectivity index (χ3v) is 2.76. The molecule has 0 fully saturated rings. The Kier molecular flexibility index (Phi) is 3.97. The standard InChI is InChI=1S/C15H14N6/c1-2-8-17-13(5-1)20-15-18-9-6-14(21-15)19-11-12-4-3-7-16-10-12/h1-10H,11H2,(H2,17,18,19,20,21). The van der Waals surface area contributed by atoms with Crippen molar-refractivity contribution < 1.29 is 0 Å². The first-order chi connectivity index (χ1) is 10.4. The van der Waals surface area contributed by atoms with Crippen molar-refractivity contribution in [1.82, 2.24) is 19.9 Å².